The number of hydrogen-bond donors (Lipinski definition) is 3. The Balaban J connectivity index is 2.79. The van der Waals surface area contributed by atoms with Gasteiger partial charge in [-0.05, 0) is 18.2 Å². The summed E-state index contributed by atoms with van der Waals surface area (Å²) >= 11 is 0. The first-order valence-corrected chi connectivity index (χ1v) is 8.53. The molecule has 0 saturated carbocycles. The summed E-state index contributed by atoms with van der Waals surface area (Å²) in [4.78, 5) is 0. The van der Waals surface area contributed by atoms with Crippen LogP contribution in [0, 0.1) is 0 Å². The molecule has 1 aromatic rings. The molecule has 4 N–H and O–H groups in total. The quantitative estimate of drug-likeness (QED) is 0.491. The Morgan fingerprint density at radius 2 is 1.89 bits per heavy atom. The van der Waals surface area contributed by atoms with Crippen LogP contribution in [-0.4, -0.2) is 33.3 Å². The molecule has 0 aliphatic heterocycles. The molecule has 0 heterocycles. The van der Waals surface area contributed by atoms with E-state index in [9.17, 15) is 21.9 Å². The zero-order chi connectivity index (χ0) is 14.0. The molecule has 0 aromatic heterocycles. The highest BCUT2D eigenvalue weighted by atomic mass is 32.3. The average molecular weight is 294 g/mol. The van der Waals surface area contributed by atoms with Crippen molar-refractivity contribution in [1.82, 2.24) is 4.72 Å². The lowest BCUT2D eigenvalue weighted by Gasteiger charge is -2.08. The number of nitrogens with two attached hydrogens (primary N) is 1. The SMILES string of the molecule is CS(=O)(=O)CS(=O)(=O)NCc1cc(N)ccc1O. The van der Waals surface area contributed by atoms with Gasteiger partial charge in [-0.1, -0.05) is 0 Å². The molecule has 0 radical (unpaired) electrons. The molecule has 0 saturated heterocycles. The molecule has 0 spiro atoms. The zero-order valence-corrected chi connectivity index (χ0v) is 11.3. The summed E-state index contributed by atoms with van der Waals surface area (Å²) in [5.41, 5.74) is 6.12. The highest BCUT2D eigenvalue weighted by Gasteiger charge is 2.18. The molecule has 0 aliphatic carbocycles. The van der Waals surface area contributed by atoms with Gasteiger partial charge in [-0.15, -0.1) is 0 Å². The Kier molecular flexibility index (Phi) is 4.20. The minimum atomic E-state index is -3.96. The fourth-order valence-electron chi connectivity index (χ4n) is 1.26. The number of aromatic hydroxyl groups is 1. The van der Waals surface area contributed by atoms with Crippen LogP contribution in [0.4, 0.5) is 5.69 Å². The molecule has 9 heteroatoms. The molecule has 18 heavy (non-hydrogen) atoms. The molecule has 0 aliphatic rings. The van der Waals surface area contributed by atoms with Crippen LogP contribution in [0.3, 0.4) is 0 Å². The van der Waals surface area contributed by atoms with E-state index >= 15 is 0 Å². The van der Waals surface area contributed by atoms with Crippen molar-refractivity contribution in [2.45, 2.75) is 6.54 Å². The maximum absolute atomic E-state index is 11.4. The first-order valence-electron chi connectivity index (χ1n) is 4.81. The van der Waals surface area contributed by atoms with Gasteiger partial charge in [-0.25, -0.2) is 21.6 Å². The van der Waals surface area contributed by atoms with E-state index in [1.54, 1.807) is 0 Å². The van der Waals surface area contributed by atoms with Crippen molar-refractivity contribution < 1.29 is 21.9 Å². The third kappa shape index (κ3) is 4.90. The number of benzene rings is 1. The van der Waals surface area contributed by atoms with E-state index in [4.69, 9.17) is 5.73 Å². The second-order valence-electron chi connectivity index (χ2n) is 3.87. The van der Waals surface area contributed by atoms with Crippen LogP contribution in [0.5, 0.6) is 5.75 Å². The van der Waals surface area contributed by atoms with Crippen LogP contribution in [0.1, 0.15) is 5.56 Å². The summed E-state index contributed by atoms with van der Waals surface area (Å²) in [5, 5.41) is 8.46. The van der Waals surface area contributed by atoms with Crippen molar-refractivity contribution in [2.75, 3.05) is 17.1 Å². The summed E-state index contributed by atoms with van der Waals surface area (Å²) in [7, 11) is -7.60. The van der Waals surface area contributed by atoms with Gasteiger partial charge in [0.2, 0.25) is 10.0 Å². The van der Waals surface area contributed by atoms with Crippen molar-refractivity contribution in [1.29, 1.82) is 0 Å². The minimum absolute atomic E-state index is 0.119. The summed E-state index contributed by atoms with van der Waals surface area (Å²) in [6, 6.07) is 4.19. The van der Waals surface area contributed by atoms with Gasteiger partial charge in [-0.3, -0.25) is 0 Å². The van der Waals surface area contributed by atoms with Crippen LogP contribution < -0.4 is 10.5 Å². The van der Waals surface area contributed by atoms with E-state index in [-0.39, 0.29) is 17.9 Å². The van der Waals surface area contributed by atoms with Gasteiger partial charge in [-0.2, -0.15) is 0 Å². The fourth-order valence-corrected chi connectivity index (χ4v) is 4.22. The summed E-state index contributed by atoms with van der Waals surface area (Å²) < 4.78 is 46.7. The largest absolute Gasteiger partial charge is 0.508 e. The number of hydrogen-bond acceptors (Lipinski definition) is 6. The van der Waals surface area contributed by atoms with E-state index < -0.39 is 24.9 Å². The number of anilines is 1. The third-order valence-corrected chi connectivity index (χ3v) is 5.49. The van der Waals surface area contributed by atoms with E-state index in [1.807, 2.05) is 0 Å². The van der Waals surface area contributed by atoms with Crippen LogP contribution in [-0.2, 0) is 26.4 Å². The lowest BCUT2D eigenvalue weighted by atomic mass is 10.2. The molecule has 1 aromatic carbocycles. The highest BCUT2D eigenvalue weighted by Crippen LogP contribution is 2.19. The second-order valence-corrected chi connectivity index (χ2v) is 8.18. The van der Waals surface area contributed by atoms with E-state index in [0.717, 1.165) is 6.26 Å². The first-order chi connectivity index (χ1) is 8.09. The molecule has 7 nitrogen and oxygen atoms in total. The van der Waals surface area contributed by atoms with Gasteiger partial charge >= 0.3 is 0 Å². The van der Waals surface area contributed by atoms with Crippen molar-refractivity contribution in [3.63, 3.8) is 0 Å². The maximum atomic E-state index is 11.4. The van der Waals surface area contributed by atoms with Crippen molar-refractivity contribution in [3.8, 4) is 5.75 Å². The number of nitrogen functional groups attached to an aromatic ring is 1. The number of rotatable bonds is 5. The Hall–Kier alpha value is -1.32. The Morgan fingerprint density at radius 1 is 1.28 bits per heavy atom. The molecule has 1 rings (SSSR count). The monoisotopic (exact) mass is 294 g/mol. The molecule has 0 bridgehead atoms. The van der Waals surface area contributed by atoms with Gasteiger partial charge in [0.15, 0.2) is 14.9 Å². The lowest BCUT2D eigenvalue weighted by Crippen LogP contribution is -2.29. The number of nitrogens with one attached hydrogen (secondary N) is 1. The standard InChI is InChI=1S/C9H14N2O5S2/c1-17(13,14)6-18(15,16)11-5-7-4-8(10)2-3-9(7)12/h2-4,11-12H,5-6,10H2,1H3. The van der Waals surface area contributed by atoms with Crippen LogP contribution in [0.15, 0.2) is 18.2 Å². The normalized spacial score (nSPS) is 12.5. The van der Waals surface area contributed by atoms with Gasteiger partial charge in [0, 0.05) is 24.1 Å². The Bertz CT molecular complexity index is 637. The molecule has 0 fully saturated rings. The van der Waals surface area contributed by atoms with Crippen LogP contribution >= 0.6 is 0 Å². The molecule has 0 atom stereocenters. The Labute approximate surface area is 106 Å². The number of phenolic OH excluding ortho intramolecular Hbond substituents is 1. The molecule has 0 unspecified atom stereocenters. The highest BCUT2D eigenvalue weighted by molar-refractivity contribution is 8.06. The molecular formula is C9H14N2O5S2. The fraction of sp³-hybridized carbons (Fsp3) is 0.333. The van der Waals surface area contributed by atoms with Gasteiger partial charge in [0.1, 0.15) is 5.75 Å². The predicted molar refractivity (Wildman–Crippen MR) is 68.0 cm³/mol. The van der Waals surface area contributed by atoms with Crippen molar-refractivity contribution >= 4 is 25.5 Å². The van der Waals surface area contributed by atoms with E-state index in [1.165, 1.54) is 18.2 Å². The predicted octanol–water partition coefficient (Wildman–Crippen LogP) is -0.604. The van der Waals surface area contributed by atoms with Crippen molar-refractivity contribution in [2.24, 2.45) is 0 Å². The van der Waals surface area contributed by atoms with Crippen LogP contribution in [0.25, 0.3) is 0 Å². The smallest absolute Gasteiger partial charge is 0.226 e. The summed E-state index contributed by atoms with van der Waals surface area (Å²) in [6.07, 6.45) is 0.824. The van der Waals surface area contributed by atoms with Gasteiger partial charge in [0.05, 0.1) is 0 Å². The zero-order valence-electron chi connectivity index (χ0n) is 9.62. The first kappa shape index (κ1) is 14.7. The van der Waals surface area contributed by atoms with Gasteiger partial charge < -0.3 is 10.8 Å². The topological polar surface area (TPSA) is 127 Å². The third-order valence-electron chi connectivity index (χ3n) is 1.96. The summed E-state index contributed by atoms with van der Waals surface area (Å²) in [6.45, 7) is -0.227. The van der Waals surface area contributed by atoms with E-state index in [0.29, 0.717) is 5.69 Å². The number of sulfonamides is 1. The summed E-state index contributed by atoms with van der Waals surface area (Å²) in [5.74, 6) is -0.119. The number of phenols is 1. The second kappa shape index (κ2) is 5.12. The van der Waals surface area contributed by atoms with E-state index in [2.05, 4.69) is 4.72 Å². The maximum Gasteiger partial charge on any atom is 0.226 e. The molecular weight excluding hydrogens is 280 g/mol. The van der Waals surface area contributed by atoms with Gasteiger partial charge in [0.25, 0.3) is 0 Å². The lowest BCUT2D eigenvalue weighted by molar-refractivity contribution is 0.467. The Morgan fingerprint density at radius 3 is 2.44 bits per heavy atom. The van der Waals surface area contributed by atoms with Crippen molar-refractivity contribution in [3.05, 3.63) is 23.8 Å². The number of sulfone groups is 1. The minimum Gasteiger partial charge on any atom is -0.508 e. The molecule has 0 amide bonds. The van der Waals surface area contributed by atoms with Crippen LogP contribution in [0.2, 0.25) is 0 Å². The molecule has 102 valence electrons. The average Bonchev–Trinajstić information content (AvgIpc) is 2.16.